The molecule has 0 N–H and O–H groups in total. The third-order valence-electron chi connectivity index (χ3n) is 13.4. The molecule has 1 aliphatic rings. The summed E-state index contributed by atoms with van der Waals surface area (Å²) >= 11 is 0. The number of benzene rings is 9. The zero-order chi connectivity index (χ0) is 40.9. The third-order valence-corrected chi connectivity index (χ3v) is 13.4. The van der Waals surface area contributed by atoms with Gasteiger partial charge >= 0.3 is 0 Å². The molecule has 3 aromatic heterocycles. The number of hydrogen-bond acceptors (Lipinski definition) is 3. The first-order chi connectivity index (χ1) is 30.7. The number of para-hydroxylation sites is 4. The largest absolute Gasteiger partial charge is 0.454 e. The van der Waals surface area contributed by atoms with Gasteiger partial charge in [0.25, 0.3) is 0 Å². The van der Waals surface area contributed by atoms with Crippen molar-refractivity contribution in [2.45, 2.75) is 25.8 Å². The van der Waals surface area contributed by atoms with Gasteiger partial charge in [-0.2, -0.15) is 0 Å². The van der Waals surface area contributed by atoms with Crippen molar-refractivity contribution in [1.82, 2.24) is 9.13 Å². The van der Waals surface area contributed by atoms with E-state index in [4.69, 9.17) is 14.4 Å². The van der Waals surface area contributed by atoms with Crippen LogP contribution in [-0.2, 0) is 0 Å². The van der Waals surface area contributed by atoms with Gasteiger partial charge in [0.1, 0.15) is 5.58 Å². The molecule has 12 aromatic rings. The minimum atomic E-state index is -0.107. The van der Waals surface area contributed by atoms with Crippen LogP contribution < -0.4 is 0 Å². The molecule has 294 valence electrons. The summed E-state index contributed by atoms with van der Waals surface area (Å²) in [5.41, 5.74) is 10.5. The van der Waals surface area contributed by atoms with Crippen LogP contribution in [0.5, 0.6) is 0 Å². The fourth-order valence-electron chi connectivity index (χ4n) is 10.4. The summed E-state index contributed by atoms with van der Waals surface area (Å²) in [5, 5.41) is 11.8. The number of aliphatic imine (C=N–C) groups is 2. The minimum Gasteiger partial charge on any atom is -0.454 e. The van der Waals surface area contributed by atoms with Crippen LogP contribution in [0.1, 0.15) is 36.9 Å². The Kier molecular flexibility index (Phi) is 7.70. The van der Waals surface area contributed by atoms with Gasteiger partial charge in [-0.1, -0.05) is 146 Å². The summed E-state index contributed by atoms with van der Waals surface area (Å²) in [6.45, 7) is 2.36. The van der Waals surface area contributed by atoms with Gasteiger partial charge in [0.2, 0.25) is 5.96 Å². The highest BCUT2D eigenvalue weighted by molar-refractivity contribution is 6.20. The second-order valence-electron chi connectivity index (χ2n) is 16.9. The van der Waals surface area contributed by atoms with Crippen LogP contribution in [0.4, 0.5) is 0 Å². The predicted octanol–water partition coefficient (Wildman–Crippen LogP) is 15.0. The molecule has 0 saturated heterocycles. The molecule has 0 radical (unpaired) electrons. The molecule has 5 nitrogen and oxygen atoms in total. The fraction of sp³-hybridized carbons (Fsp3) is 0.0877. The Hall–Kier alpha value is -7.76. The molecule has 0 aliphatic carbocycles. The molecule has 1 unspecified atom stereocenters. The molecule has 13 rings (SSSR count). The van der Waals surface area contributed by atoms with Crippen molar-refractivity contribution < 1.29 is 4.42 Å². The summed E-state index contributed by atoms with van der Waals surface area (Å²) in [5.74, 6) is 0.918. The first-order valence-electron chi connectivity index (χ1n) is 21.7. The lowest BCUT2D eigenvalue weighted by Crippen LogP contribution is -2.21. The maximum absolute atomic E-state index is 6.88. The van der Waals surface area contributed by atoms with E-state index in [9.17, 15) is 0 Å². The molecule has 0 spiro atoms. The summed E-state index contributed by atoms with van der Waals surface area (Å²) in [6.07, 6.45) is 1.69. The lowest BCUT2D eigenvalue weighted by molar-refractivity contribution is 0.447. The molecule has 62 heavy (non-hydrogen) atoms. The van der Waals surface area contributed by atoms with Crippen LogP contribution >= 0.6 is 0 Å². The van der Waals surface area contributed by atoms with Crippen molar-refractivity contribution >= 4 is 98.8 Å². The van der Waals surface area contributed by atoms with Crippen molar-refractivity contribution in [3.63, 3.8) is 0 Å². The number of nitrogens with zero attached hydrogens (tertiary/aromatic N) is 4. The Morgan fingerprint density at radius 2 is 1.06 bits per heavy atom. The van der Waals surface area contributed by atoms with Gasteiger partial charge in [0, 0.05) is 32.3 Å². The van der Waals surface area contributed by atoms with Gasteiger partial charge in [0.05, 0.1) is 39.5 Å². The van der Waals surface area contributed by atoms with Gasteiger partial charge < -0.3 is 8.98 Å². The molecular weight excluding hydrogens is 757 g/mol. The van der Waals surface area contributed by atoms with Crippen molar-refractivity contribution in [3.05, 3.63) is 199 Å². The SMILES string of the molecule is C[C@@H]1CCC(c2cc(-n3c4ccccc4c4cc5ccccc5cc43)c3oc4ccccc4c3c2)=NC(n2c3ccccc3c3ccccc32)=NC1c1cccc2ccccc12. The highest BCUT2D eigenvalue weighted by Crippen LogP contribution is 2.42. The minimum absolute atomic E-state index is 0.107. The van der Waals surface area contributed by atoms with E-state index >= 15 is 0 Å². The Morgan fingerprint density at radius 1 is 0.484 bits per heavy atom. The molecule has 4 heterocycles. The van der Waals surface area contributed by atoms with E-state index in [-0.39, 0.29) is 12.0 Å². The average molecular weight is 797 g/mol. The predicted molar refractivity (Wildman–Crippen MR) is 259 cm³/mol. The maximum atomic E-state index is 6.88. The van der Waals surface area contributed by atoms with E-state index in [2.05, 4.69) is 204 Å². The molecule has 1 aliphatic heterocycles. The monoisotopic (exact) mass is 796 g/mol. The van der Waals surface area contributed by atoms with Crippen molar-refractivity contribution in [2.24, 2.45) is 15.9 Å². The number of aromatic nitrogens is 2. The Labute approximate surface area is 357 Å². The summed E-state index contributed by atoms with van der Waals surface area (Å²) < 4.78 is 11.6. The van der Waals surface area contributed by atoms with E-state index < -0.39 is 0 Å². The van der Waals surface area contributed by atoms with E-state index in [1.807, 2.05) is 0 Å². The van der Waals surface area contributed by atoms with Crippen LogP contribution in [0.3, 0.4) is 0 Å². The Balaban J connectivity index is 1.12. The van der Waals surface area contributed by atoms with Crippen LogP contribution in [0.2, 0.25) is 0 Å². The van der Waals surface area contributed by atoms with Gasteiger partial charge in [0.15, 0.2) is 5.58 Å². The molecular formula is C57H40N4O. The summed E-state index contributed by atoms with van der Waals surface area (Å²) in [6, 6.07) is 67.7. The molecule has 0 fully saturated rings. The normalized spacial score (nSPS) is 16.2. The zero-order valence-corrected chi connectivity index (χ0v) is 34.2. The number of furan rings is 1. The summed E-state index contributed by atoms with van der Waals surface area (Å²) in [4.78, 5) is 11.6. The molecule has 0 bridgehead atoms. The lowest BCUT2D eigenvalue weighted by Gasteiger charge is -2.26. The van der Waals surface area contributed by atoms with Crippen LogP contribution in [-0.4, -0.2) is 20.8 Å². The molecule has 9 aromatic carbocycles. The van der Waals surface area contributed by atoms with Crippen LogP contribution in [0.15, 0.2) is 202 Å². The molecule has 0 saturated carbocycles. The number of rotatable bonds is 3. The second kappa shape index (κ2) is 13.6. The van der Waals surface area contributed by atoms with Crippen LogP contribution in [0.25, 0.3) is 92.8 Å². The number of hydrogen-bond donors (Lipinski definition) is 0. The topological polar surface area (TPSA) is 47.7 Å². The van der Waals surface area contributed by atoms with E-state index in [1.165, 1.54) is 48.7 Å². The standard InChI is InChI=1S/C57H40N4O/c1-35-29-30-48(58-57(59-55(35)45-24-14-18-36-15-4-5-19-40(36)45)61-50-26-11-6-20-41(50)42-21-7-12-27-51(42)61)39-32-47-44-23-9-13-28-54(44)62-56(47)53(34-39)60-49-25-10-8-22-43(49)46-31-37-16-2-3-17-38(37)33-52(46)60/h2-28,31-35,55H,29-30H2,1H3/t35-,55?/m1/s1. The van der Waals surface area contributed by atoms with Gasteiger partial charge in [-0.05, 0) is 100.0 Å². The Morgan fingerprint density at radius 3 is 1.81 bits per heavy atom. The molecule has 5 heteroatoms. The lowest BCUT2D eigenvalue weighted by atomic mass is 9.86. The molecule has 0 amide bonds. The highest BCUT2D eigenvalue weighted by atomic mass is 16.3. The molecule has 2 atom stereocenters. The average Bonchev–Trinajstić information content (AvgIpc) is 3.97. The zero-order valence-electron chi connectivity index (χ0n) is 34.2. The first-order valence-corrected chi connectivity index (χ1v) is 21.7. The Bertz CT molecular complexity index is 3800. The van der Waals surface area contributed by atoms with Crippen molar-refractivity contribution in [3.8, 4) is 5.69 Å². The van der Waals surface area contributed by atoms with Crippen molar-refractivity contribution in [2.75, 3.05) is 0 Å². The van der Waals surface area contributed by atoms with Gasteiger partial charge in [-0.15, -0.1) is 0 Å². The van der Waals surface area contributed by atoms with E-state index in [1.54, 1.807) is 0 Å². The van der Waals surface area contributed by atoms with Gasteiger partial charge in [-0.3, -0.25) is 4.57 Å². The van der Waals surface area contributed by atoms with E-state index in [0.717, 1.165) is 73.8 Å². The second-order valence-corrected chi connectivity index (χ2v) is 16.9. The quantitative estimate of drug-likeness (QED) is 0.176. The fourth-order valence-corrected chi connectivity index (χ4v) is 10.4. The smallest absolute Gasteiger partial charge is 0.230 e. The highest BCUT2D eigenvalue weighted by Gasteiger charge is 2.28. The first kappa shape index (κ1) is 35.0. The van der Waals surface area contributed by atoms with Crippen molar-refractivity contribution in [1.29, 1.82) is 0 Å². The summed E-state index contributed by atoms with van der Waals surface area (Å²) in [7, 11) is 0. The van der Waals surface area contributed by atoms with Gasteiger partial charge in [-0.25, -0.2) is 9.98 Å². The number of fused-ring (bicyclic) bond motifs is 11. The maximum Gasteiger partial charge on any atom is 0.230 e. The third kappa shape index (κ3) is 5.28. The van der Waals surface area contributed by atoms with E-state index in [0.29, 0.717) is 5.96 Å². The van der Waals surface area contributed by atoms with Crippen LogP contribution in [0, 0.1) is 5.92 Å².